The maximum Gasteiger partial charge on any atom is 0.173 e. The molecule has 0 aliphatic carbocycles. The maximum absolute atomic E-state index is 13.9. The molecule has 0 spiro atoms. The molecule has 19 heavy (non-hydrogen) atoms. The fourth-order valence-corrected chi connectivity index (χ4v) is 1.64. The van der Waals surface area contributed by atoms with Crippen molar-refractivity contribution in [3.8, 4) is 11.5 Å². The zero-order chi connectivity index (χ0) is 13.8. The molecule has 3 N–H and O–H groups in total. The van der Waals surface area contributed by atoms with Crippen LogP contribution in [0.25, 0.3) is 0 Å². The second kappa shape index (κ2) is 5.39. The van der Waals surface area contributed by atoms with Crippen molar-refractivity contribution in [1.29, 1.82) is 0 Å². The lowest BCUT2D eigenvalue weighted by Gasteiger charge is -2.11. The SMILES string of the molecule is Cc1cccc(Oc2ccccc2/C(N)=N/O)c1F. The first-order valence-electron chi connectivity index (χ1n) is 5.63. The number of aryl methyl sites for hydroxylation is 1. The predicted octanol–water partition coefficient (Wildman–Crippen LogP) is 3.02. The van der Waals surface area contributed by atoms with Gasteiger partial charge in [0.05, 0.1) is 5.56 Å². The number of hydrogen-bond donors (Lipinski definition) is 2. The van der Waals surface area contributed by atoms with Gasteiger partial charge in [-0.05, 0) is 30.7 Å². The lowest BCUT2D eigenvalue weighted by Crippen LogP contribution is -2.14. The number of benzene rings is 2. The molecular weight excluding hydrogens is 247 g/mol. The molecule has 0 saturated carbocycles. The minimum atomic E-state index is -0.434. The van der Waals surface area contributed by atoms with E-state index in [2.05, 4.69) is 5.16 Å². The number of hydrogen-bond acceptors (Lipinski definition) is 3. The summed E-state index contributed by atoms with van der Waals surface area (Å²) in [5, 5.41) is 11.6. The molecule has 2 aromatic rings. The topological polar surface area (TPSA) is 67.8 Å². The molecule has 0 unspecified atom stereocenters. The van der Waals surface area contributed by atoms with Crippen molar-refractivity contribution >= 4 is 5.84 Å². The third kappa shape index (κ3) is 2.65. The molecule has 0 aromatic heterocycles. The van der Waals surface area contributed by atoms with Gasteiger partial charge in [0.1, 0.15) is 5.75 Å². The Bertz CT molecular complexity index is 627. The summed E-state index contributed by atoms with van der Waals surface area (Å²) in [5.74, 6) is -0.110. The molecule has 5 heteroatoms. The molecular formula is C14H13FN2O2. The van der Waals surface area contributed by atoms with Gasteiger partial charge >= 0.3 is 0 Å². The van der Waals surface area contributed by atoms with Crippen LogP contribution in [0.1, 0.15) is 11.1 Å². The second-order valence-electron chi connectivity index (χ2n) is 3.97. The highest BCUT2D eigenvalue weighted by molar-refractivity contribution is 5.99. The first-order valence-corrected chi connectivity index (χ1v) is 5.63. The van der Waals surface area contributed by atoms with Crippen molar-refractivity contribution in [2.45, 2.75) is 6.92 Å². The quantitative estimate of drug-likeness (QED) is 0.386. The van der Waals surface area contributed by atoms with Gasteiger partial charge in [-0.1, -0.05) is 29.4 Å². The zero-order valence-electron chi connectivity index (χ0n) is 10.3. The van der Waals surface area contributed by atoms with E-state index in [1.165, 1.54) is 6.07 Å². The molecule has 4 nitrogen and oxygen atoms in total. The van der Waals surface area contributed by atoms with Crippen LogP contribution in [0.5, 0.6) is 11.5 Å². The van der Waals surface area contributed by atoms with Crippen molar-refractivity contribution in [2.24, 2.45) is 10.9 Å². The van der Waals surface area contributed by atoms with Crippen LogP contribution in [0, 0.1) is 12.7 Å². The fraction of sp³-hybridized carbons (Fsp3) is 0.0714. The Morgan fingerprint density at radius 2 is 1.84 bits per heavy atom. The number of rotatable bonds is 3. The first kappa shape index (κ1) is 12.9. The minimum absolute atomic E-state index is 0.0938. The van der Waals surface area contributed by atoms with Crippen molar-refractivity contribution in [3.05, 3.63) is 59.4 Å². The molecule has 0 amide bonds. The normalized spacial score (nSPS) is 11.4. The van der Waals surface area contributed by atoms with Crippen molar-refractivity contribution < 1.29 is 14.3 Å². The van der Waals surface area contributed by atoms with E-state index < -0.39 is 5.82 Å². The van der Waals surface area contributed by atoms with Crippen LogP contribution in [-0.2, 0) is 0 Å². The van der Waals surface area contributed by atoms with Crippen LogP contribution in [0.2, 0.25) is 0 Å². The van der Waals surface area contributed by atoms with E-state index in [0.717, 1.165) is 0 Å². The van der Waals surface area contributed by atoms with Gasteiger partial charge in [0.25, 0.3) is 0 Å². The minimum Gasteiger partial charge on any atom is -0.454 e. The Kier molecular flexibility index (Phi) is 3.66. The molecule has 0 bridgehead atoms. The monoisotopic (exact) mass is 260 g/mol. The summed E-state index contributed by atoms with van der Waals surface area (Å²) in [4.78, 5) is 0. The number of nitrogens with zero attached hydrogens (tertiary/aromatic N) is 1. The summed E-state index contributed by atoms with van der Waals surface area (Å²) >= 11 is 0. The number of para-hydroxylation sites is 1. The highest BCUT2D eigenvalue weighted by atomic mass is 19.1. The largest absolute Gasteiger partial charge is 0.454 e. The fourth-order valence-electron chi connectivity index (χ4n) is 1.64. The molecule has 0 saturated heterocycles. The summed E-state index contributed by atoms with van der Waals surface area (Å²) < 4.78 is 19.4. The lowest BCUT2D eigenvalue weighted by atomic mass is 10.2. The smallest absolute Gasteiger partial charge is 0.173 e. The standard InChI is InChI=1S/C14H13FN2O2/c1-9-5-4-8-12(13(9)15)19-11-7-3-2-6-10(11)14(16)17-18/h2-8,18H,1H3,(H2,16,17). The number of nitrogens with two attached hydrogens (primary N) is 1. The van der Waals surface area contributed by atoms with Gasteiger partial charge < -0.3 is 15.7 Å². The van der Waals surface area contributed by atoms with Gasteiger partial charge in [0.15, 0.2) is 17.4 Å². The van der Waals surface area contributed by atoms with Gasteiger partial charge in [-0.15, -0.1) is 0 Å². The number of amidine groups is 1. The molecule has 0 fully saturated rings. The van der Waals surface area contributed by atoms with Crippen LogP contribution in [-0.4, -0.2) is 11.0 Å². The highest BCUT2D eigenvalue weighted by Gasteiger charge is 2.12. The van der Waals surface area contributed by atoms with Gasteiger partial charge in [0.2, 0.25) is 0 Å². The van der Waals surface area contributed by atoms with Crippen LogP contribution < -0.4 is 10.5 Å². The molecule has 98 valence electrons. The first-order chi connectivity index (χ1) is 9.13. The van der Waals surface area contributed by atoms with Crippen LogP contribution in [0.15, 0.2) is 47.6 Å². The van der Waals surface area contributed by atoms with Crippen LogP contribution in [0.3, 0.4) is 0 Å². The van der Waals surface area contributed by atoms with Crippen molar-refractivity contribution in [2.75, 3.05) is 0 Å². The molecule has 0 atom stereocenters. The Morgan fingerprint density at radius 1 is 1.16 bits per heavy atom. The zero-order valence-corrected chi connectivity index (χ0v) is 10.3. The van der Waals surface area contributed by atoms with Gasteiger partial charge in [0, 0.05) is 0 Å². The van der Waals surface area contributed by atoms with Crippen LogP contribution in [0.4, 0.5) is 4.39 Å². The number of halogens is 1. The van der Waals surface area contributed by atoms with Gasteiger partial charge in [-0.2, -0.15) is 0 Å². The molecule has 0 aliphatic rings. The van der Waals surface area contributed by atoms with E-state index in [9.17, 15) is 4.39 Å². The third-order valence-electron chi connectivity index (χ3n) is 2.65. The number of oxime groups is 1. The summed E-state index contributed by atoms with van der Waals surface area (Å²) in [6.45, 7) is 1.65. The van der Waals surface area contributed by atoms with Gasteiger partial charge in [-0.3, -0.25) is 0 Å². The highest BCUT2D eigenvalue weighted by Crippen LogP contribution is 2.28. The van der Waals surface area contributed by atoms with E-state index in [4.69, 9.17) is 15.7 Å². The predicted molar refractivity (Wildman–Crippen MR) is 70.2 cm³/mol. The average Bonchev–Trinajstić information content (AvgIpc) is 2.43. The molecule has 2 aromatic carbocycles. The summed E-state index contributed by atoms with van der Waals surface area (Å²) in [5.41, 5.74) is 6.42. The second-order valence-corrected chi connectivity index (χ2v) is 3.97. The molecule has 0 radical (unpaired) electrons. The maximum atomic E-state index is 13.9. The van der Waals surface area contributed by atoms with Crippen LogP contribution >= 0.6 is 0 Å². The Balaban J connectivity index is 2.42. The van der Waals surface area contributed by atoms with Crippen molar-refractivity contribution in [1.82, 2.24) is 0 Å². The van der Waals surface area contributed by atoms with Crippen molar-refractivity contribution in [3.63, 3.8) is 0 Å². The molecule has 2 rings (SSSR count). The summed E-state index contributed by atoms with van der Waals surface area (Å²) in [6, 6.07) is 11.5. The summed E-state index contributed by atoms with van der Waals surface area (Å²) in [7, 11) is 0. The Labute approximate surface area is 109 Å². The van der Waals surface area contributed by atoms with E-state index >= 15 is 0 Å². The number of ether oxygens (including phenoxy) is 1. The van der Waals surface area contributed by atoms with E-state index in [1.54, 1.807) is 43.3 Å². The molecule has 0 aliphatic heterocycles. The summed E-state index contributed by atoms with van der Waals surface area (Å²) in [6.07, 6.45) is 0. The van der Waals surface area contributed by atoms with E-state index in [0.29, 0.717) is 16.9 Å². The average molecular weight is 260 g/mol. The molecule has 0 heterocycles. The third-order valence-corrected chi connectivity index (χ3v) is 2.65. The Morgan fingerprint density at radius 3 is 2.58 bits per heavy atom. The van der Waals surface area contributed by atoms with Gasteiger partial charge in [-0.25, -0.2) is 4.39 Å². The Hall–Kier alpha value is -2.56. The lowest BCUT2D eigenvalue weighted by molar-refractivity contribution is 0.318. The van der Waals surface area contributed by atoms with E-state index in [-0.39, 0.29) is 11.6 Å². The van der Waals surface area contributed by atoms with E-state index in [1.807, 2.05) is 0 Å².